The highest BCUT2D eigenvalue weighted by atomic mass is 32.2. The van der Waals surface area contributed by atoms with Crippen molar-refractivity contribution in [2.24, 2.45) is 5.92 Å². The van der Waals surface area contributed by atoms with Gasteiger partial charge in [0.15, 0.2) is 0 Å². The number of carbonyl (C=O) groups excluding carboxylic acids is 1. The molecule has 1 unspecified atom stereocenters. The first-order chi connectivity index (χ1) is 9.01. The van der Waals surface area contributed by atoms with Crippen LogP contribution in [0.25, 0.3) is 0 Å². The van der Waals surface area contributed by atoms with Gasteiger partial charge in [-0.3, -0.25) is 4.79 Å². The summed E-state index contributed by atoms with van der Waals surface area (Å²) in [6.45, 7) is 5.54. The lowest BCUT2D eigenvalue weighted by Gasteiger charge is -2.17. The summed E-state index contributed by atoms with van der Waals surface area (Å²) in [5.41, 5.74) is 0. The van der Waals surface area contributed by atoms with Gasteiger partial charge in [-0.25, -0.2) is 12.7 Å². The van der Waals surface area contributed by atoms with E-state index >= 15 is 0 Å². The highest BCUT2D eigenvalue weighted by Crippen LogP contribution is 2.13. The van der Waals surface area contributed by atoms with Crippen LogP contribution in [0.5, 0.6) is 0 Å². The molecule has 19 heavy (non-hydrogen) atoms. The number of nitrogens with zero attached hydrogens (tertiary/aromatic N) is 1. The first kappa shape index (κ1) is 16.4. The summed E-state index contributed by atoms with van der Waals surface area (Å²) in [5.74, 6) is 0.373. The Morgan fingerprint density at radius 3 is 2.63 bits per heavy atom. The normalized spacial score (nSPS) is 20.3. The van der Waals surface area contributed by atoms with E-state index < -0.39 is 10.0 Å². The quantitative estimate of drug-likeness (QED) is 0.734. The zero-order valence-corrected chi connectivity index (χ0v) is 12.8. The van der Waals surface area contributed by atoms with Gasteiger partial charge in [0, 0.05) is 25.6 Å². The lowest BCUT2D eigenvalue weighted by atomic mass is 9.98. The van der Waals surface area contributed by atoms with Gasteiger partial charge in [0.2, 0.25) is 15.9 Å². The molecule has 1 aliphatic heterocycles. The molecule has 0 bridgehead atoms. The molecule has 0 spiro atoms. The van der Waals surface area contributed by atoms with Gasteiger partial charge in [-0.1, -0.05) is 26.7 Å². The molecule has 1 fully saturated rings. The SMILES string of the molecule is CCCCC(CC)C(=O)NCCN1CCCS1(=O)=O. The minimum atomic E-state index is -3.04. The lowest BCUT2D eigenvalue weighted by molar-refractivity contribution is -0.125. The average molecular weight is 290 g/mol. The number of nitrogens with one attached hydrogen (secondary N) is 1. The maximum atomic E-state index is 11.9. The highest BCUT2D eigenvalue weighted by Gasteiger charge is 2.27. The van der Waals surface area contributed by atoms with Crippen molar-refractivity contribution in [2.45, 2.75) is 46.0 Å². The van der Waals surface area contributed by atoms with Crippen LogP contribution in [-0.2, 0) is 14.8 Å². The van der Waals surface area contributed by atoms with Crippen LogP contribution >= 0.6 is 0 Å². The number of carbonyl (C=O) groups is 1. The summed E-state index contributed by atoms with van der Waals surface area (Å²) in [5, 5.41) is 2.86. The molecular weight excluding hydrogens is 264 g/mol. The minimum absolute atomic E-state index is 0.0625. The van der Waals surface area contributed by atoms with Crippen LogP contribution < -0.4 is 5.32 Å². The smallest absolute Gasteiger partial charge is 0.223 e. The van der Waals surface area contributed by atoms with Gasteiger partial charge in [0.1, 0.15) is 0 Å². The Balaban J connectivity index is 2.29. The number of hydrogen-bond acceptors (Lipinski definition) is 3. The Labute approximate surface area is 116 Å². The van der Waals surface area contributed by atoms with E-state index in [-0.39, 0.29) is 17.6 Å². The Morgan fingerprint density at radius 1 is 1.37 bits per heavy atom. The molecule has 1 amide bonds. The van der Waals surface area contributed by atoms with E-state index in [0.29, 0.717) is 26.1 Å². The molecule has 0 aromatic rings. The minimum Gasteiger partial charge on any atom is -0.355 e. The van der Waals surface area contributed by atoms with Crippen LogP contribution in [0.3, 0.4) is 0 Å². The Kier molecular flexibility index (Phi) is 6.79. The van der Waals surface area contributed by atoms with E-state index in [9.17, 15) is 13.2 Å². The summed E-state index contributed by atoms with van der Waals surface area (Å²) in [4.78, 5) is 11.9. The van der Waals surface area contributed by atoms with E-state index in [4.69, 9.17) is 0 Å². The van der Waals surface area contributed by atoms with Crippen molar-refractivity contribution in [2.75, 3.05) is 25.4 Å². The van der Waals surface area contributed by atoms with Gasteiger partial charge in [0.05, 0.1) is 5.75 Å². The highest BCUT2D eigenvalue weighted by molar-refractivity contribution is 7.89. The Hall–Kier alpha value is -0.620. The first-order valence-corrected chi connectivity index (χ1v) is 8.87. The number of hydrogen-bond donors (Lipinski definition) is 1. The van der Waals surface area contributed by atoms with Gasteiger partial charge >= 0.3 is 0 Å². The van der Waals surface area contributed by atoms with Crippen LogP contribution in [0.2, 0.25) is 0 Å². The van der Waals surface area contributed by atoms with Crippen LogP contribution in [0.15, 0.2) is 0 Å². The second-order valence-corrected chi connectivity index (χ2v) is 7.20. The molecule has 1 saturated heterocycles. The fourth-order valence-corrected chi connectivity index (χ4v) is 3.89. The molecular formula is C13H26N2O3S. The van der Waals surface area contributed by atoms with E-state index in [2.05, 4.69) is 12.2 Å². The van der Waals surface area contributed by atoms with Gasteiger partial charge in [0.25, 0.3) is 0 Å². The molecule has 0 aromatic carbocycles. The Bertz CT molecular complexity index is 381. The number of sulfonamides is 1. The topological polar surface area (TPSA) is 66.5 Å². The summed E-state index contributed by atoms with van der Waals surface area (Å²) >= 11 is 0. The summed E-state index contributed by atoms with van der Waals surface area (Å²) in [6, 6.07) is 0. The van der Waals surface area contributed by atoms with E-state index in [1.807, 2.05) is 6.92 Å². The van der Waals surface area contributed by atoms with Crippen LogP contribution in [0, 0.1) is 5.92 Å². The molecule has 1 atom stereocenters. The maximum absolute atomic E-state index is 11.9. The molecule has 0 aliphatic carbocycles. The predicted octanol–water partition coefficient (Wildman–Crippen LogP) is 1.35. The van der Waals surface area contributed by atoms with Gasteiger partial charge < -0.3 is 5.32 Å². The molecule has 0 radical (unpaired) electrons. The van der Waals surface area contributed by atoms with Gasteiger partial charge in [-0.05, 0) is 19.3 Å². The molecule has 0 saturated carbocycles. The van der Waals surface area contributed by atoms with Crippen LogP contribution in [0.1, 0.15) is 46.0 Å². The van der Waals surface area contributed by atoms with Crippen LogP contribution in [-0.4, -0.2) is 44.0 Å². The van der Waals surface area contributed by atoms with Crippen LogP contribution in [0.4, 0.5) is 0 Å². The molecule has 1 N–H and O–H groups in total. The molecule has 112 valence electrons. The fraction of sp³-hybridized carbons (Fsp3) is 0.923. The predicted molar refractivity (Wildman–Crippen MR) is 76.3 cm³/mol. The van der Waals surface area contributed by atoms with Crippen molar-refractivity contribution in [1.29, 1.82) is 0 Å². The fourth-order valence-electron chi connectivity index (χ4n) is 2.36. The van der Waals surface area contributed by atoms with E-state index in [1.165, 1.54) is 4.31 Å². The second kappa shape index (κ2) is 7.85. The van der Waals surface area contributed by atoms with Crippen molar-refractivity contribution < 1.29 is 13.2 Å². The maximum Gasteiger partial charge on any atom is 0.223 e. The van der Waals surface area contributed by atoms with Crippen molar-refractivity contribution in [3.05, 3.63) is 0 Å². The van der Waals surface area contributed by atoms with Crippen molar-refractivity contribution >= 4 is 15.9 Å². The number of unbranched alkanes of at least 4 members (excludes halogenated alkanes) is 1. The zero-order valence-electron chi connectivity index (χ0n) is 12.0. The number of rotatable bonds is 8. The second-order valence-electron chi connectivity index (χ2n) is 5.11. The average Bonchev–Trinajstić information content (AvgIpc) is 2.70. The molecule has 0 aromatic heterocycles. The van der Waals surface area contributed by atoms with Crippen molar-refractivity contribution in [3.8, 4) is 0 Å². The molecule has 1 aliphatic rings. The summed E-state index contributed by atoms with van der Waals surface area (Å²) in [6.07, 6.45) is 4.61. The third-order valence-corrected chi connectivity index (χ3v) is 5.59. The van der Waals surface area contributed by atoms with E-state index in [1.54, 1.807) is 0 Å². The summed E-state index contributed by atoms with van der Waals surface area (Å²) < 4.78 is 24.6. The largest absolute Gasteiger partial charge is 0.355 e. The monoisotopic (exact) mass is 290 g/mol. The lowest BCUT2D eigenvalue weighted by Crippen LogP contribution is -2.38. The van der Waals surface area contributed by atoms with Gasteiger partial charge in [-0.15, -0.1) is 0 Å². The summed E-state index contributed by atoms with van der Waals surface area (Å²) in [7, 11) is -3.04. The molecule has 1 rings (SSSR count). The third kappa shape index (κ3) is 5.10. The third-order valence-electron chi connectivity index (χ3n) is 3.63. The molecule has 1 heterocycles. The molecule has 6 heteroatoms. The Morgan fingerprint density at radius 2 is 2.11 bits per heavy atom. The zero-order chi connectivity index (χ0) is 14.3. The van der Waals surface area contributed by atoms with Crippen molar-refractivity contribution in [1.82, 2.24) is 9.62 Å². The van der Waals surface area contributed by atoms with E-state index in [0.717, 1.165) is 25.7 Å². The standard InChI is InChI=1S/C13H26N2O3S/c1-3-5-7-12(4-2)13(16)14-8-10-15-9-6-11-19(15,17)18/h12H,3-11H2,1-2H3,(H,14,16). The number of amides is 1. The first-order valence-electron chi connectivity index (χ1n) is 7.26. The van der Waals surface area contributed by atoms with Gasteiger partial charge in [-0.2, -0.15) is 0 Å². The van der Waals surface area contributed by atoms with Crippen molar-refractivity contribution in [3.63, 3.8) is 0 Å². The molecule has 5 nitrogen and oxygen atoms in total.